The standard InChI is InChI=1S/C22H19N3O5S/c1-13-4-6-20(23-11-13)25-22(26)15-9-18-17(8-14(2)29-18)19(10-15)30-21-7-5-16(12-24-21)31(3,27)28/h4-12H,1-3H3,(H,23,25,26). The Kier molecular flexibility index (Phi) is 5.20. The van der Waals surface area contributed by atoms with Crippen molar-refractivity contribution in [2.45, 2.75) is 18.7 Å². The number of sulfone groups is 1. The van der Waals surface area contributed by atoms with Crippen molar-refractivity contribution < 1.29 is 22.4 Å². The number of pyridine rings is 2. The van der Waals surface area contributed by atoms with Crippen molar-refractivity contribution in [1.82, 2.24) is 9.97 Å². The maximum Gasteiger partial charge on any atom is 0.257 e. The number of aromatic nitrogens is 2. The van der Waals surface area contributed by atoms with Gasteiger partial charge in [-0.25, -0.2) is 18.4 Å². The highest BCUT2D eigenvalue weighted by molar-refractivity contribution is 7.90. The van der Waals surface area contributed by atoms with Crippen molar-refractivity contribution in [3.63, 3.8) is 0 Å². The summed E-state index contributed by atoms with van der Waals surface area (Å²) >= 11 is 0. The monoisotopic (exact) mass is 437 g/mol. The van der Waals surface area contributed by atoms with Crippen LogP contribution < -0.4 is 10.1 Å². The van der Waals surface area contributed by atoms with E-state index in [-0.39, 0.29) is 16.7 Å². The van der Waals surface area contributed by atoms with Gasteiger partial charge in [-0.2, -0.15) is 0 Å². The van der Waals surface area contributed by atoms with Gasteiger partial charge >= 0.3 is 0 Å². The predicted octanol–water partition coefficient (Wildman–Crippen LogP) is 4.29. The van der Waals surface area contributed by atoms with Crippen LogP contribution >= 0.6 is 0 Å². The summed E-state index contributed by atoms with van der Waals surface area (Å²) in [5.74, 6) is 1.24. The molecule has 8 nitrogen and oxygen atoms in total. The Balaban J connectivity index is 1.67. The van der Waals surface area contributed by atoms with E-state index in [4.69, 9.17) is 9.15 Å². The summed E-state index contributed by atoms with van der Waals surface area (Å²) in [4.78, 5) is 21.1. The Morgan fingerprint density at radius 2 is 1.84 bits per heavy atom. The number of nitrogens with one attached hydrogen (secondary N) is 1. The number of anilines is 1. The van der Waals surface area contributed by atoms with Crippen molar-refractivity contribution in [3.05, 3.63) is 71.7 Å². The quantitative estimate of drug-likeness (QED) is 0.496. The van der Waals surface area contributed by atoms with E-state index in [1.165, 1.54) is 18.3 Å². The molecule has 0 unspecified atom stereocenters. The number of rotatable bonds is 5. The van der Waals surface area contributed by atoms with E-state index in [0.29, 0.717) is 33.9 Å². The van der Waals surface area contributed by atoms with Crippen LogP contribution in [-0.4, -0.2) is 30.5 Å². The molecule has 9 heteroatoms. The summed E-state index contributed by atoms with van der Waals surface area (Å²) in [5, 5.41) is 3.41. The van der Waals surface area contributed by atoms with Crippen molar-refractivity contribution in [1.29, 1.82) is 0 Å². The largest absolute Gasteiger partial charge is 0.461 e. The molecular weight excluding hydrogens is 418 g/mol. The molecule has 0 atom stereocenters. The van der Waals surface area contributed by atoms with Gasteiger partial charge in [-0.05, 0) is 49.7 Å². The van der Waals surface area contributed by atoms with Crippen LogP contribution in [0.5, 0.6) is 11.6 Å². The molecule has 3 heterocycles. The second-order valence-corrected chi connectivity index (χ2v) is 9.14. The van der Waals surface area contributed by atoms with Gasteiger partial charge in [0.05, 0.1) is 10.3 Å². The lowest BCUT2D eigenvalue weighted by Crippen LogP contribution is -2.13. The zero-order valence-electron chi connectivity index (χ0n) is 17.0. The first-order valence-electron chi connectivity index (χ1n) is 9.31. The van der Waals surface area contributed by atoms with Crippen molar-refractivity contribution in [2.75, 3.05) is 11.6 Å². The maximum absolute atomic E-state index is 12.8. The van der Waals surface area contributed by atoms with Crippen LogP contribution in [0.1, 0.15) is 21.7 Å². The Labute approximate surface area is 178 Å². The van der Waals surface area contributed by atoms with Crippen LogP contribution in [0.2, 0.25) is 0 Å². The van der Waals surface area contributed by atoms with E-state index in [0.717, 1.165) is 11.8 Å². The fourth-order valence-electron chi connectivity index (χ4n) is 2.94. The Morgan fingerprint density at radius 1 is 1.03 bits per heavy atom. The molecule has 0 fully saturated rings. The van der Waals surface area contributed by atoms with E-state index in [1.807, 2.05) is 13.0 Å². The summed E-state index contributed by atoms with van der Waals surface area (Å²) in [6.45, 7) is 3.70. The molecule has 0 spiro atoms. The topological polar surface area (TPSA) is 111 Å². The molecule has 31 heavy (non-hydrogen) atoms. The third kappa shape index (κ3) is 4.56. The molecule has 0 aliphatic rings. The van der Waals surface area contributed by atoms with Gasteiger partial charge in [-0.1, -0.05) is 6.07 Å². The zero-order chi connectivity index (χ0) is 22.2. The molecule has 0 radical (unpaired) electrons. The minimum absolute atomic E-state index is 0.0860. The van der Waals surface area contributed by atoms with E-state index in [9.17, 15) is 13.2 Å². The predicted molar refractivity (Wildman–Crippen MR) is 115 cm³/mol. The van der Waals surface area contributed by atoms with Gasteiger partial charge in [0.2, 0.25) is 5.88 Å². The van der Waals surface area contributed by atoms with E-state index < -0.39 is 9.84 Å². The third-order valence-electron chi connectivity index (χ3n) is 4.49. The van der Waals surface area contributed by atoms with Gasteiger partial charge in [0.15, 0.2) is 9.84 Å². The minimum atomic E-state index is -3.37. The summed E-state index contributed by atoms with van der Waals surface area (Å²) in [7, 11) is -3.37. The van der Waals surface area contributed by atoms with Crippen LogP contribution in [0.3, 0.4) is 0 Å². The summed E-state index contributed by atoms with van der Waals surface area (Å²) in [6.07, 6.45) is 3.99. The van der Waals surface area contributed by atoms with Gasteiger partial charge in [0.1, 0.15) is 22.9 Å². The first-order chi connectivity index (χ1) is 14.7. The molecule has 4 aromatic rings. The molecule has 0 saturated carbocycles. The van der Waals surface area contributed by atoms with Crippen LogP contribution in [0.4, 0.5) is 5.82 Å². The fourth-order valence-corrected chi connectivity index (χ4v) is 3.50. The van der Waals surface area contributed by atoms with Gasteiger partial charge in [-0.15, -0.1) is 0 Å². The molecule has 1 amide bonds. The number of amides is 1. The van der Waals surface area contributed by atoms with Crippen molar-refractivity contribution >= 4 is 32.5 Å². The number of hydrogen-bond donors (Lipinski definition) is 1. The first-order valence-corrected chi connectivity index (χ1v) is 11.2. The second kappa shape index (κ2) is 7.84. The lowest BCUT2D eigenvalue weighted by Gasteiger charge is -2.09. The van der Waals surface area contributed by atoms with Crippen LogP contribution in [0, 0.1) is 13.8 Å². The van der Waals surface area contributed by atoms with E-state index in [1.54, 1.807) is 37.4 Å². The Hall–Kier alpha value is -3.72. The number of carbonyl (C=O) groups excluding carboxylic acids is 1. The number of aryl methyl sites for hydroxylation is 2. The molecule has 1 N–H and O–H groups in total. The third-order valence-corrected chi connectivity index (χ3v) is 5.59. The number of hydrogen-bond acceptors (Lipinski definition) is 7. The van der Waals surface area contributed by atoms with Gasteiger partial charge < -0.3 is 14.5 Å². The Bertz CT molecular complexity index is 1380. The number of fused-ring (bicyclic) bond motifs is 1. The SMILES string of the molecule is Cc1ccc(NC(=O)c2cc(Oc3ccc(S(C)(=O)=O)cn3)c3cc(C)oc3c2)nc1. The molecule has 0 bridgehead atoms. The lowest BCUT2D eigenvalue weighted by atomic mass is 10.1. The maximum atomic E-state index is 12.8. The van der Waals surface area contributed by atoms with Gasteiger partial charge in [0, 0.05) is 30.3 Å². The number of benzene rings is 1. The molecule has 4 rings (SSSR count). The smallest absolute Gasteiger partial charge is 0.257 e. The highest BCUT2D eigenvalue weighted by Gasteiger charge is 2.16. The highest BCUT2D eigenvalue weighted by Crippen LogP contribution is 2.33. The molecule has 1 aromatic carbocycles. The average Bonchev–Trinajstić information content (AvgIpc) is 3.10. The second-order valence-electron chi connectivity index (χ2n) is 7.12. The normalized spacial score (nSPS) is 11.5. The van der Waals surface area contributed by atoms with Crippen molar-refractivity contribution in [2.24, 2.45) is 0 Å². The summed E-state index contributed by atoms with van der Waals surface area (Å²) < 4.78 is 34.8. The fraction of sp³-hybridized carbons (Fsp3) is 0.136. The Morgan fingerprint density at radius 3 is 2.48 bits per heavy atom. The average molecular weight is 437 g/mol. The summed E-state index contributed by atoms with van der Waals surface area (Å²) in [6, 6.07) is 11.4. The molecular formula is C22H19N3O5S. The number of ether oxygens (including phenoxy) is 1. The van der Waals surface area contributed by atoms with Gasteiger partial charge in [0.25, 0.3) is 5.91 Å². The van der Waals surface area contributed by atoms with Crippen molar-refractivity contribution in [3.8, 4) is 11.6 Å². The number of nitrogens with zero attached hydrogens (tertiary/aromatic N) is 2. The minimum Gasteiger partial charge on any atom is -0.461 e. The van der Waals surface area contributed by atoms with Crippen LogP contribution in [0.25, 0.3) is 11.0 Å². The summed E-state index contributed by atoms with van der Waals surface area (Å²) in [5.41, 5.74) is 1.77. The van der Waals surface area contributed by atoms with E-state index >= 15 is 0 Å². The molecule has 158 valence electrons. The van der Waals surface area contributed by atoms with Crippen LogP contribution in [0.15, 0.2) is 64.2 Å². The van der Waals surface area contributed by atoms with Crippen LogP contribution in [-0.2, 0) is 9.84 Å². The zero-order valence-corrected chi connectivity index (χ0v) is 17.9. The molecule has 3 aromatic heterocycles. The first kappa shape index (κ1) is 20.5. The highest BCUT2D eigenvalue weighted by atomic mass is 32.2. The molecule has 0 aliphatic carbocycles. The lowest BCUT2D eigenvalue weighted by molar-refractivity contribution is 0.102. The molecule has 0 saturated heterocycles. The number of furan rings is 1. The van der Waals surface area contributed by atoms with E-state index in [2.05, 4.69) is 15.3 Å². The molecule has 0 aliphatic heterocycles. The van der Waals surface area contributed by atoms with Gasteiger partial charge in [-0.3, -0.25) is 4.79 Å². The number of carbonyl (C=O) groups is 1.